The number of nitrogens with one attached hydrogen (secondary N) is 1. The number of aliphatic hydroxyl groups is 1. The summed E-state index contributed by atoms with van der Waals surface area (Å²) in [6.45, 7) is 0. The Balaban J connectivity index is 2.09. The third kappa shape index (κ3) is 3.63. The van der Waals surface area contributed by atoms with Crippen LogP contribution in [0.3, 0.4) is 0 Å². The molecule has 1 fully saturated rings. The summed E-state index contributed by atoms with van der Waals surface area (Å²) in [5.74, 6) is 0. The Bertz CT molecular complexity index is 633. The van der Waals surface area contributed by atoms with Crippen molar-refractivity contribution in [3.05, 3.63) is 33.1 Å². The number of ether oxygens (including phenoxy) is 2. The van der Waals surface area contributed by atoms with Crippen molar-refractivity contribution in [1.29, 1.82) is 0 Å². The van der Waals surface area contributed by atoms with Crippen LogP contribution in [0.25, 0.3) is 0 Å². The summed E-state index contributed by atoms with van der Waals surface area (Å²) in [5, 5.41) is 9.79. The van der Waals surface area contributed by atoms with Crippen molar-refractivity contribution in [2.24, 2.45) is 0 Å². The molecule has 0 bridgehead atoms. The van der Waals surface area contributed by atoms with Crippen molar-refractivity contribution in [2.75, 3.05) is 6.35 Å². The minimum atomic E-state index is -4.35. The molecule has 1 saturated heterocycles. The van der Waals surface area contributed by atoms with E-state index in [0.29, 0.717) is 0 Å². The molecule has 11 heteroatoms. The minimum absolute atomic E-state index is 0.0593. The van der Waals surface area contributed by atoms with Crippen LogP contribution in [0.4, 0.5) is 0 Å². The molecule has 1 aromatic heterocycles. The maximum atomic E-state index is 11.5. The molecule has 2 heterocycles. The van der Waals surface area contributed by atoms with Gasteiger partial charge < -0.3 is 24.4 Å². The number of aliphatic hydroxyl groups excluding tert-OH is 1. The second kappa shape index (κ2) is 5.60. The number of H-pyrrole nitrogens is 1. The summed E-state index contributed by atoms with van der Waals surface area (Å²) in [7, 11) is -4.35. The quantitative estimate of drug-likeness (QED) is 0.480. The Morgan fingerprint density at radius 2 is 2.20 bits per heavy atom. The van der Waals surface area contributed by atoms with E-state index < -0.39 is 43.8 Å². The van der Waals surface area contributed by atoms with E-state index in [2.05, 4.69) is 0 Å². The molecule has 4 N–H and O–H groups in total. The van der Waals surface area contributed by atoms with E-state index >= 15 is 0 Å². The highest BCUT2D eigenvalue weighted by Gasteiger charge is 2.37. The van der Waals surface area contributed by atoms with Gasteiger partial charge in [-0.2, -0.15) is 0 Å². The Morgan fingerprint density at radius 1 is 1.50 bits per heavy atom. The lowest BCUT2D eigenvalue weighted by Gasteiger charge is -2.17. The van der Waals surface area contributed by atoms with E-state index in [-0.39, 0.29) is 6.42 Å². The number of nitrogens with zero attached hydrogens (tertiary/aromatic N) is 1. The summed E-state index contributed by atoms with van der Waals surface area (Å²) in [6.07, 6.45) is -3.02. The number of aromatic amines is 1. The van der Waals surface area contributed by atoms with Gasteiger partial charge in [0.1, 0.15) is 6.10 Å². The predicted molar refractivity (Wildman–Crippen MR) is 63.9 cm³/mol. The molecular formula is C9H13N2O8P. The molecule has 0 saturated carbocycles. The Kier molecular flexibility index (Phi) is 4.23. The molecule has 1 aliphatic heterocycles. The third-order valence-corrected chi connectivity index (χ3v) is 3.09. The van der Waals surface area contributed by atoms with Crippen LogP contribution in [-0.2, 0) is 14.0 Å². The van der Waals surface area contributed by atoms with E-state index in [4.69, 9.17) is 19.3 Å². The average Bonchev–Trinajstić information content (AvgIpc) is 2.67. The minimum Gasteiger partial charge on any atom is -0.388 e. The Morgan fingerprint density at radius 3 is 2.80 bits per heavy atom. The van der Waals surface area contributed by atoms with E-state index in [9.17, 15) is 19.3 Å². The normalized spacial score (nSPS) is 26.9. The average molecular weight is 308 g/mol. The van der Waals surface area contributed by atoms with Crippen LogP contribution in [0.1, 0.15) is 12.6 Å². The fourth-order valence-corrected chi connectivity index (χ4v) is 2.14. The molecule has 2 rings (SSSR count). The van der Waals surface area contributed by atoms with Crippen LogP contribution < -0.4 is 11.2 Å². The summed E-state index contributed by atoms with van der Waals surface area (Å²) in [5.41, 5.74) is -1.36. The molecule has 0 aliphatic carbocycles. The Hall–Kier alpha value is -1.29. The van der Waals surface area contributed by atoms with Crippen LogP contribution in [0.2, 0.25) is 0 Å². The topological polar surface area (TPSA) is 151 Å². The van der Waals surface area contributed by atoms with Gasteiger partial charge in [-0.3, -0.25) is 18.9 Å². The fourth-order valence-electron chi connectivity index (χ4n) is 1.78. The summed E-state index contributed by atoms with van der Waals surface area (Å²) in [4.78, 5) is 41.8. The van der Waals surface area contributed by atoms with Crippen molar-refractivity contribution in [3.63, 3.8) is 0 Å². The van der Waals surface area contributed by atoms with Crippen molar-refractivity contribution in [3.8, 4) is 0 Å². The number of hydrogen-bond acceptors (Lipinski definition) is 6. The molecular weight excluding hydrogens is 295 g/mol. The molecule has 0 radical (unpaired) electrons. The first-order valence-corrected chi connectivity index (χ1v) is 7.37. The largest absolute Gasteiger partial charge is 0.388 e. The molecule has 112 valence electrons. The Labute approximate surface area is 111 Å². The van der Waals surface area contributed by atoms with Gasteiger partial charge in [0, 0.05) is 18.7 Å². The molecule has 1 aliphatic rings. The van der Waals surface area contributed by atoms with Crippen LogP contribution in [-0.4, -0.2) is 43.2 Å². The van der Waals surface area contributed by atoms with E-state index in [1.54, 1.807) is 0 Å². The predicted octanol–water partition coefficient (Wildman–Crippen LogP) is -1.71. The maximum Gasteiger partial charge on any atom is 0.351 e. The zero-order chi connectivity index (χ0) is 14.9. The summed E-state index contributed by atoms with van der Waals surface area (Å²) >= 11 is 0. The van der Waals surface area contributed by atoms with Crippen molar-refractivity contribution in [1.82, 2.24) is 9.55 Å². The van der Waals surface area contributed by atoms with Gasteiger partial charge in [-0.1, -0.05) is 0 Å². The smallest absolute Gasteiger partial charge is 0.351 e. The first kappa shape index (κ1) is 15.1. The van der Waals surface area contributed by atoms with Gasteiger partial charge in [0.25, 0.3) is 5.56 Å². The van der Waals surface area contributed by atoms with Crippen LogP contribution in [0.15, 0.2) is 21.9 Å². The van der Waals surface area contributed by atoms with Gasteiger partial charge in [-0.15, -0.1) is 0 Å². The number of aromatic nitrogens is 2. The van der Waals surface area contributed by atoms with Gasteiger partial charge in [0.05, 0.1) is 0 Å². The lowest BCUT2D eigenvalue weighted by atomic mass is 10.2. The highest BCUT2D eigenvalue weighted by atomic mass is 31.2. The van der Waals surface area contributed by atoms with Gasteiger partial charge in [0.2, 0.25) is 0 Å². The molecule has 0 spiro atoms. The molecule has 1 unspecified atom stereocenters. The van der Waals surface area contributed by atoms with Gasteiger partial charge in [-0.05, 0) is 0 Å². The zero-order valence-electron chi connectivity index (χ0n) is 10.1. The second-order valence-corrected chi connectivity index (χ2v) is 5.82. The maximum absolute atomic E-state index is 11.5. The molecule has 3 atom stereocenters. The molecule has 1 aromatic rings. The second-order valence-electron chi connectivity index (χ2n) is 4.24. The van der Waals surface area contributed by atoms with E-state index in [1.807, 2.05) is 4.98 Å². The third-order valence-electron chi connectivity index (χ3n) is 2.61. The fraction of sp³-hybridized carbons (Fsp3) is 0.556. The molecule has 0 amide bonds. The number of hydrogen-bond donors (Lipinski definition) is 4. The van der Waals surface area contributed by atoms with Crippen molar-refractivity contribution >= 4 is 7.60 Å². The summed E-state index contributed by atoms with van der Waals surface area (Å²) in [6, 6.07) is 1.08. The standard InChI is InChI=1S/C9H13N2O8P/c12-5-3-7(18-4-20(15,16)17)19-8(5)11-2-1-6(13)10-9(11)14/h1-2,5,7-8,12H,3-4H2,(H,10,13,14)(H2,15,16,17)/t5?,7-,8+/m0/s1. The highest BCUT2D eigenvalue weighted by molar-refractivity contribution is 7.51. The van der Waals surface area contributed by atoms with Gasteiger partial charge >= 0.3 is 13.3 Å². The molecule has 10 nitrogen and oxygen atoms in total. The van der Waals surface area contributed by atoms with Crippen LogP contribution in [0, 0.1) is 0 Å². The lowest BCUT2D eigenvalue weighted by molar-refractivity contribution is -0.147. The van der Waals surface area contributed by atoms with Gasteiger partial charge in [0.15, 0.2) is 18.9 Å². The van der Waals surface area contributed by atoms with Crippen LogP contribution >= 0.6 is 7.60 Å². The zero-order valence-corrected chi connectivity index (χ0v) is 11.0. The SMILES string of the molecule is O=c1ccn([C@@H]2O[C@H](OCP(=O)(O)O)CC2O)c(=O)[nH]1. The molecule has 20 heavy (non-hydrogen) atoms. The van der Waals surface area contributed by atoms with Crippen molar-refractivity contribution < 1.29 is 28.9 Å². The monoisotopic (exact) mass is 308 g/mol. The first-order valence-electron chi connectivity index (χ1n) is 5.57. The highest BCUT2D eigenvalue weighted by Crippen LogP contribution is 2.37. The van der Waals surface area contributed by atoms with E-state index in [1.165, 1.54) is 0 Å². The van der Waals surface area contributed by atoms with Crippen LogP contribution in [0.5, 0.6) is 0 Å². The summed E-state index contributed by atoms with van der Waals surface area (Å²) < 4.78 is 21.7. The first-order chi connectivity index (χ1) is 9.26. The van der Waals surface area contributed by atoms with Gasteiger partial charge in [-0.25, -0.2) is 4.79 Å². The van der Waals surface area contributed by atoms with Crippen molar-refractivity contribution in [2.45, 2.75) is 25.0 Å². The lowest BCUT2D eigenvalue weighted by Crippen LogP contribution is -2.34. The molecule has 0 aromatic carbocycles. The van der Waals surface area contributed by atoms with E-state index in [0.717, 1.165) is 16.8 Å². The number of rotatable bonds is 4.